The van der Waals surface area contributed by atoms with Gasteiger partial charge in [0, 0.05) is 17.7 Å². The number of thioether (sulfide) groups is 1. The predicted octanol–water partition coefficient (Wildman–Crippen LogP) is 0.615. The van der Waals surface area contributed by atoms with Gasteiger partial charge in [-0.1, -0.05) is 0 Å². The molecule has 1 saturated heterocycles. The first-order valence-corrected chi connectivity index (χ1v) is 6.38. The van der Waals surface area contributed by atoms with Gasteiger partial charge in [-0.25, -0.2) is 0 Å². The van der Waals surface area contributed by atoms with E-state index in [0.29, 0.717) is 5.88 Å². The maximum absolute atomic E-state index is 10.8. The van der Waals surface area contributed by atoms with Gasteiger partial charge in [0.25, 0.3) is 10.1 Å². The third-order valence-corrected chi connectivity index (χ3v) is 4.40. The zero-order valence-electron chi connectivity index (χ0n) is 7.10. The highest BCUT2D eigenvalue weighted by atomic mass is 32.2. The fourth-order valence-corrected chi connectivity index (χ4v) is 3.23. The minimum atomic E-state index is -3.91. The lowest BCUT2D eigenvalue weighted by Crippen LogP contribution is -2.41. The fourth-order valence-electron chi connectivity index (χ4n) is 1.19. The van der Waals surface area contributed by atoms with Gasteiger partial charge in [-0.15, -0.1) is 11.8 Å². The fraction of sp³-hybridized carbons (Fsp3) is 1.00. The van der Waals surface area contributed by atoms with E-state index < -0.39 is 15.5 Å². The van der Waals surface area contributed by atoms with E-state index in [4.69, 9.17) is 4.55 Å². The third-order valence-electron chi connectivity index (χ3n) is 2.06. The zero-order chi connectivity index (χ0) is 9.35. The average molecular weight is 211 g/mol. The van der Waals surface area contributed by atoms with Crippen LogP contribution in [-0.2, 0) is 10.1 Å². The Morgan fingerprint density at radius 3 is 2.58 bits per heavy atom. The van der Waals surface area contributed by atoms with Crippen LogP contribution in [0.5, 0.6) is 0 Å². The molecule has 1 aliphatic heterocycles. The van der Waals surface area contributed by atoms with Gasteiger partial charge in [0.1, 0.15) is 5.37 Å². The second-order valence-corrected chi connectivity index (χ2v) is 5.69. The molecule has 0 saturated carbocycles. The van der Waals surface area contributed by atoms with E-state index in [2.05, 4.69) is 0 Å². The van der Waals surface area contributed by atoms with E-state index in [1.54, 1.807) is 16.7 Å². The largest absolute Gasteiger partial charge is 0.284 e. The van der Waals surface area contributed by atoms with E-state index in [-0.39, 0.29) is 6.04 Å². The highest BCUT2D eigenvalue weighted by Gasteiger charge is 2.32. The molecule has 0 aromatic heterocycles. The van der Waals surface area contributed by atoms with Crippen molar-refractivity contribution in [3.8, 4) is 0 Å². The minimum absolute atomic E-state index is 0.229. The standard InChI is InChI=1S/C6H13NO3S2/c1-5-3-11-4-7(5)6(2)12(8,9)10/h5-6H,3-4H2,1-2H3,(H,8,9,10). The molecule has 12 heavy (non-hydrogen) atoms. The molecule has 6 heteroatoms. The molecule has 0 radical (unpaired) electrons. The Bertz CT molecular complexity index is 252. The second kappa shape index (κ2) is 3.53. The highest BCUT2D eigenvalue weighted by Crippen LogP contribution is 2.24. The van der Waals surface area contributed by atoms with E-state index in [1.165, 1.54) is 6.92 Å². The van der Waals surface area contributed by atoms with Crippen LogP contribution in [0.3, 0.4) is 0 Å². The van der Waals surface area contributed by atoms with Crippen LogP contribution in [0.2, 0.25) is 0 Å². The molecule has 4 nitrogen and oxygen atoms in total. The molecule has 1 N–H and O–H groups in total. The Balaban J connectivity index is 2.70. The molecule has 1 aliphatic rings. The summed E-state index contributed by atoms with van der Waals surface area (Å²) in [6.45, 7) is 3.47. The summed E-state index contributed by atoms with van der Waals surface area (Å²) >= 11 is 1.69. The van der Waals surface area contributed by atoms with E-state index in [0.717, 1.165) is 5.75 Å². The van der Waals surface area contributed by atoms with Crippen molar-refractivity contribution in [3.05, 3.63) is 0 Å². The SMILES string of the molecule is CC1CSCN1C(C)S(=O)(=O)O. The predicted molar refractivity (Wildman–Crippen MR) is 49.6 cm³/mol. The average Bonchev–Trinajstić information content (AvgIpc) is 2.31. The van der Waals surface area contributed by atoms with Crippen molar-refractivity contribution < 1.29 is 13.0 Å². The number of rotatable bonds is 2. The summed E-state index contributed by atoms with van der Waals surface area (Å²) < 4.78 is 30.3. The summed E-state index contributed by atoms with van der Waals surface area (Å²) in [5, 5.41) is -0.775. The van der Waals surface area contributed by atoms with Gasteiger partial charge < -0.3 is 0 Å². The van der Waals surface area contributed by atoms with Crippen molar-refractivity contribution in [2.75, 3.05) is 11.6 Å². The van der Waals surface area contributed by atoms with Crippen molar-refractivity contribution in [1.82, 2.24) is 4.90 Å². The number of hydrogen-bond donors (Lipinski definition) is 1. The molecule has 72 valence electrons. The number of hydrogen-bond acceptors (Lipinski definition) is 4. The van der Waals surface area contributed by atoms with Gasteiger partial charge in [0.2, 0.25) is 0 Å². The van der Waals surface area contributed by atoms with Crippen LogP contribution in [0.25, 0.3) is 0 Å². The van der Waals surface area contributed by atoms with Crippen molar-refractivity contribution in [3.63, 3.8) is 0 Å². The molecule has 1 rings (SSSR count). The Morgan fingerprint density at radius 1 is 1.67 bits per heavy atom. The summed E-state index contributed by atoms with van der Waals surface area (Å²) in [5.41, 5.74) is 0. The molecule has 2 unspecified atom stereocenters. The third kappa shape index (κ3) is 2.12. The van der Waals surface area contributed by atoms with Crippen LogP contribution < -0.4 is 0 Å². The summed E-state index contributed by atoms with van der Waals surface area (Å²) in [6.07, 6.45) is 0. The second-order valence-electron chi connectivity index (χ2n) is 2.98. The van der Waals surface area contributed by atoms with E-state index >= 15 is 0 Å². The van der Waals surface area contributed by atoms with E-state index in [1.807, 2.05) is 6.92 Å². The van der Waals surface area contributed by atoms with Crippen LogP contribution >= 0.6 is 11.8 Å². The van der Waals surface area contributed by atoms with Crippen LogP contribution in [0, 0.1) is 0 Å². The van der Waals surface area contributed by atoms with Crippen molar-refractivity contribution in [2.45, 2.75) is 25.3 Å². The zero-order valence-corrected chi connectivity index (χ0v) is 8.73. The van der Waals surface area contributed by atoms with Gasteiger partial charge in [-0.05, 0) is 13.8 Å². The molecule has 0 aliphatic carbocycles. The molecule has 0 aromatic rings. The van der Waals surface area contributed by atoms with Crippen molar-refractivity contribution in [1.29, 1.82) is 0 Å². The van der Waals surface area contributed by atoms with Crippen LogP contribution in [0.15, 0.2) is 0 Å². The Hall–Kier alpha value is 0.220. The Kier molecular flexibility index (Phi) is 3.03. The lowest BCUT2D eigenvalue weighted by molar-refractivity contribution is 0.253. The molecule has 0 bridgehead atoms. The van der Waals surface area contributed by atoms with Gasteiger partial charge in [0.05, 0.1) is 0 Å². The monoisotopic (exact) mass is 211 g/mol. The topological polar surface area (TPSA) is 57.6 Å². The first kappa shape index (κ1) is 10.3. The van der Waals surface area contributed by atoms with Crippen LogP contribution in [0.4, 0.5) is 0 Å². The molecule has 0 amide bonds. The molecular weight excluding hydrogens is 198 g/mol. The summed E-state index contributed by atoms with van der Waals surface area (Å²) in [5.74, 6) is 1.61. The maximum atomic E-state index is 10.8. The Labute approximate surface area is 77.1 Å². The minimum Gasteiger partial charge on any atom is -0.284 e. The Morgan fingerprint density at radius 2 is 2.25 bits per heavy atom. The van der Waals surface area contributed by atoms with Crippen molar-refractivity contribution in [2.24, 2.45) is 0 Å². The molecule has 0 spiro atoms. The summed E-state index contributed by atoms with van der Waals surface area (Å²) in [4.78, 5) is 1.78. The smallest absolute Gasteiger partial charge is 0.281 e. The van der Waals surface area contributed by atoms with Crippen LogP contribution in [0.1, 0.15) is 13.8 Å². The number of nitrogens with zero attached hydrogens (tertiary/aromatic N) is 1. The van der Waals surface area contributed by atoms with Crippen molar-refractivity contribution >= 4 is 21.9 Å². The molecule has 1 fully saturated rings. The molecule has 0 aromatic carbocycles. The van der Waals surface area contributed by atoms with Gasteiger partial charge in [-0.3, -0.25) is 9.45 Å². The summed E-state index contributed by atoms with van der Waals surface area (Å²) in [6, 6.07) is 0.229. The summed E-state index contributed by atoms with van der Waals surface area (Å²) in [7, 11) is -3.91. The van der Waals surface area contributed by atoms with Gasteiger partial charge in [0.15, 0.2) is 0 Å². The van der Waals surface area contributed by atoms with Gasteiger partial charge >= 0.3 is 0 Å². The highest BCUT2D eigenvalue weighted by molar-refractivity contribution is 7.99. The molecular formula is C6H13NO3S2. The molecule has 1 heterocycles. The first-order valence-electron chi connectivity index (χ1n) is 3.72. The lowest BCUT2D eigenvalue weighted by atomic mass is 10.3. The quantitative estimate of drug-likeness (QED) is 0.678. The first-order chi connectivity index (χ1) is 5.43. The van der Waals surface area contributed by atoms with Gasteiger partial charge in [-0.2, -0.15) is 8.42 Å². The van der Waals surface area contributed by atoms with E-state index in [9.17, 15) is 8.42 Å². The molecule has 2 atom stereocenters. The normalized spacial score (nSPS) is 29.1. The van der Waals surface area contributed by atoms with Crippen LogP contribution in [-0.4, -0.2) is 40.9 Å². The maximum Gasteiger partial charge on any atom is 0.281 e. The lowest BCUT2D eigenvalue weighted by Gasteiger charge is -2.24.